The van der Waals surface area contributed by atoms with Gasteiger partial charge in [-0.2, -0.15) is 0 Å². The van der Waals surface area contributed by atoms with Crippen LogP contribution in [0.3, 0.4) is 0 Å². The number of unbranched alkanes of at least 4 members (excludes halogenated alkanes) is 2. The van der Waals surface area contributed by atoms with Crippen molar-refractivity contribution in [1.82, 2.24) is 10.2 Å². The minimum atomic E-state index is -1.51. The zero-order valence-electron chi connectivity index (χ0n) is 36.2. The fourth-order valence-corrected chi connectivity index (χ4v) is 9.32. The molecule has 63 heavy (non-hydrogen) atoms. The van der Waals surface area contributed by atoms with E-state index in [0.29, 0.717) is 55.1 Å². The lowest BCUT2D eigenvalue weighted by molar-refractivity contribution is -0.384. The lowest BCUT2D eigenvalue weighted by Gasteiger charge is -2.59. The number of nitro groups is 1. The number of carbonyl (C=O) groups excluding carboxylic acids is 2. The van der Waals surface area contributed by atoms with E-state index in [1.807, 2.05) is 50.2 Å². The number of amides is 2. The molecule has 1 saturated carbocycles. The van der Waals surface area contributed by atoms with E-state index in [9.17, 15) is 29.9 Å². The summed E-state index contributed by atoms with van der Waals surface area (Å²) in [5.74, 6) is -1.69. The largest absolute Gasteiger partial charge is 0.459 e. The molecule has 15 nitrogen and oxygen atoms in total. The highest BCUT2D eigenvalue weighted by molar-refractivity contribution is 6.03. The molecule has 2 amide bonds. The number of benzene rings is 3. The first-order chi connectivity index (χ1) is 30.7. The quantitative estimate of drug-likeness (QED) is 0.0379. The molecule has 0 spiro atoms. The maximum Gasteiger partial charge on any atom is 0.412 e. The summed E-state index contributed by atoms with van der Waals surface area (Å²) in [6.45, 7) is 8.70. The number of ether oxygens (including phenoxy) is 4. The summed E-state index contributed by atoms with van der Waals surface area (Å²) in [4.78, 5) is 46.0. The van der Waals surface area contributed by atoms with Gasteiger partial charge in [-0.1, -0.05) is 67.4 Å². The van der Waals surface area contributed by atoms with E-state index >= 15 is 0 Å². The van der Waals surface area contributed by atoms with Crippen LogP contribution < -0.4 is 14.8 Å². The lowest BCUT2D eigenvalue weighted by atomic mass is 9.55. The van der Waals surface area contributed by atoms with E-state index in [-0.39, 0.29) is 62.9 Å². The third-order valence-electron chi connectivity index (χ3n) is 12.0. The topological polar surface area (TPSA) is 192 Å². The fraction of sp³-hybridized carbons (Fsp3) is 0.479. The number of nitro benzene ring substituents is 1. The highest BCUT2D eigenvalue weighted by Gasteiger charge is 2.65. The highest BCUT2D eigenvalue weighted by atomic mass is 16.7. The Morgan fingerprint density at radius 1 is 1.00 bits per heavy atom. The van der Waals surface area contributed by atoms with Gasteiger partial charge in [0.25, 0.3) is 5.69 Å². The third-order valence-corrected chi connectivity index (χ3v) is 12.0. The number of nitrogens with one attached hydrogen (secondary N) is 1. The van der Waals surface area contributed by atoms with Gasteiger partial charge >= 0.3 is 12.2 Å². The van der Waals surface area contributed by atoms with E-state index in [2.05, 4.69) is 18.0 Å². The standard InChI is InChI=1S/C48H60N4O11/c1-4-24-51(47(56)59-31-33-14-8-7-9-15-33)43-30-41(50-61-32-34-18-20-36(21-19-34)52(57)58)39-28-35(16-10-12-25-53)38(17-11-13-26-54)44-40-29-37(62-46(55)49-6-3)22-23-42(40)63-48(43,45(39)44)60-27-5-2/h5,7-9,14-15,18-23,28-29,35,38,43-45,53-54H,2,4,6,10-13,16-17,24-27,30-32H2,1,3H3,(H,49,55). The summed E-state index contributed by atoms with van der Waals surface area (Å²) < 4.78 is 26.1. The normalized spacial score (nSPS) is 22.7. The molecule has 0 radical (unpaired) electrons. The Morgan fingerprint density at radius 2 is 1.73 bits per heavy atom. The highest BCUT2D eigenvalue weighted by Crippen LogP contribution is 2.62. The van der Waals surface area contributed by atoms with Crippen molar-refractivity contribution in [2.75, 3.05) is 32.9 Å². The summed E-state index contributed by atoms with van der Waals surface area (Å²) in [6.07, 6.45) is 7.64. The monoisotopic (exact) mass is 868 g/mol. The van der Waals surface area contributed by atoms with E-state index in [4.69, 9.17) is 28.9 Å². The van der Waals surface area contributed by atoms with Crippen LogP contribution >= 0.6 is 0 Å². The third kappa shape index (κ3) is 11.1. The van der Waals surface area contributed by atoms with Crippen LogP contribution in [0, 0.1) is 27.9 Å². The second kappa shape index (κ2) is 22.5. The van der Waals surface area contributed by atoms with Gasteiger partial charge < -0.3 is 39.3 Å². The Balaban J connectivity index is 1.54. The minimum Gasteiger partial charge on any atom is -0.459 e. The number of allylic oxidation sites excluding steroid dienone is 1. The van der Waals surface area contributed by atoms with Crippen LogP contribution in [0.15, 0.2) is 102 Å². The van der Waals surface area contributed by atoms with E-state index in [1.165, 1.54) is 12.1 Å². The molecule has 15 heteroatoms. The molecule has 6 atom stereocenters. The maximum absolute atomic E-state index is 14.5. The van der Waals surface area contributed by atoms with E-state index in [1.54, 1.807) is 35.2 Å². The number of fused-ring (bicyclic) bond motifs is 2. The van der Waals surface area contributed by atoms with Crippen molar-refractivity contribution in [3.05, 3.63) is 124 Å². The molecule has 1 heterocycles. The average molecular weight is 869 g/mol. The Bertz CT molecular complexity index is 2080. The summed E-state index contributed by atoms with van der Waals surface area (Å²) in [7, 11) is 0. The van der Waals surface area contributed by atoms with Crippen molar-refractivity contribution in [2.24, 2.45) is 22.9 Å². The summed E-state index contributed by atoms with van der Waals surface area (Å²) >= 11 is 0. The van der Waals surface area contributed by atoms with Crippen molar-refractivity contribution in [3.8, 4) is 11.5 Å². The van der Waals surface area contributed by atoms with Crippen LogP contribution in [-0.2, 0) is 27.5 Å². The lowest BCUT2D eigenvalue weighted by Crippen LogP contribution is -2.70. The number of oxime groups is 1. The summed E-state index contributed by atoms with van der Waals surface area (Å²) in [6, 6.07) is 20.0. The van der Waals surface area contributed by atoms with Crippen molar-refractivity contribution in [1.29, 1.82) is 0 Å². The number of aliphatic hydroxyl groups is 2. The predicted molar refractivity (Wildman–Crippen MR) is 236 cm³/mol. The fourth-order valence-electron chi connectivity index (χ4n) is 9.32. The minimum absolute atomic E-state index is 0.0208. The van der Waals surface area contributed by atoms with E-state index in [0.717, 1.165) is 42.4 Å². The van der Waals surface area contributed by atoms with Crippen molar-refractivity contribution < 1.29 is 48.5 Å². The first-order valence-electron chi connectivity index (χ1n) is 22.0. The van der Waals surface area contributed by atoms with Crippen molar-refractivity contribution in [2.45, 2.75) is 96.2 Å². The number of non-ortho nitro benzene ring substituents is 1. The van der Waals surface area contributed by atoms with Gasteiger partial charge in [-0.3, -0.25) is 15.0 Å². The van der Waals surface area contributed by atoms with Gasteiger partial charge in [-0.25, -0.2) is 9.59 Å². The van der Waals surface area contributed by atoms with E-state index < -0.39 is 34.9 Å². The molecule has 3 aliphatic rings. The molecule has 6 rings (SSSR count). The summed E-state index contributed by atoms with van der Waals surface area (Å²) in [5.41, 5.74) is 3.67. The average Bonchev–Trinajstić information content (AvgIpc) is 3.29. The molecule has 6 unspecified atom stereocenters. The number of aliphatic hydroxyl groups excluding tert-OH is 2. The number of nitrogens with zero attached hydrogens (tertiary/aromatic N) is 3. The molecule has 2 aliphatic carbocycles. The second-order valence-corrected chi connectivity index (χ2v) is 16.1. The molecule has 0 bridgehead atoms. The Labute approximate surface area is 368 Å². The molecule has 0 aromatic heterocycles. The van der Waals surface area contributed by atoms with Crippen molar-refractivity contribution >= 4 is 23.6 Å². The Kier molecular flexibility index (Phi) is 16.7. The van der Waals surface area contributed by atoms with Gasteiger partial charge in [0, 0.05) is 56.3 Å². The summed E-state index contributed by atoms with van der Waals surface area (Å²) in [5, 5.41) is 38.7. The Morgan fingerprint density at radius 3 is 2.41 bits per heavy atom. The van der Waals surface area contributed by atoms with Crippen LogP contribution in [0.25, 0.3) is 0 Å². The van der Waals surface area contributed by atoms with Gasteiger partial charge in [0.05, 0.1) is 23.2 Å². The molecule has 3 aromatic carbocycles. The predicted octanol–water partition coefficient (Wildman–Crippen LogP) is 8.59. The zero-order chi connectivity index (χ0) is 44.8. The number of carbonyl (C=O) groups is 2. The second-order valence-electron chi connectivity index (χ2n) is 16.1. The first-order valence-corrected chi connectivity index (χ1v) is 22.0. The van der Waals surface area contributed by atoms with Crippen LogP contribution in [0.1, 0.15) is 87.8 Å². The first kappa shape index (κ1) is 46.7. The number of hydrogen-bond acceptors (Lipinski definition) is 12. The van der Waals surface area contributed by atoms with Gasteiger partial charge in [0.1, 0.15) is 30.8 Å². The van der Waals surface area contributed by atoms with Gasteiger partial charge in [0.2, 0.25) is 5.79 Å². The molecule has 1 aliphatic heterocycles. The molecule has 3 N–H and O–H groups in total. The molecule has 338 valence electrons. The number of rotatable bonds is 22. The molecule has 0 saturated heterocycles. The number of hydrogen-bond donors (Lipinski definition) is 3. The Hall–Kier alpha value is -5.77. The molecular weight excluding hydrogens is 809 g/mol. The molecule has 3 aromatic rings. The van der Waals surface area contributed by atoms with Crippen LogP contribution in [0.4, 0.5) is 15.3 Å². The molecular formula is C48H60N4O11. The van der Waals surface area contributed by atoms with Gasteiger partial charge in [-0.05, 0) is 97.9 Å². The maximum atomic E-state index is 14.5. The van der Waals surface area contributed by atoms with Gasteiger partial charge in [0.15, 0.2) is 0 Å². The smallest absolute Gasteiger partial charge is 0.412 e. The van der Waals surface area contributed by atoms with Gasteiger partial charge in [-0.15, -0.1) is 6.58 Å². The van der Waals surface area contributed by atoms with Crippen LogP contribution in [0.5, 0.6) is 11.5 Å². The van der Waals surface area contributed by atoms with Crippen molar-refractivity contribution in [3.63, 3.8) is 0 Å². The van der Waals surface area contributed by atoms with Crippen LogP contribution in [0.2, 0.25) is 0 Å². The van der Waals surface area contributed by atoms with Crippen LogP contribution in [-0.4, -0.2) is 82.7 Å². The SMILES string of the molecule is C=CCOC12Oc3ccc(OC(=O)NCC)cc3C3C(CCCCO)C(CCCCO)C=C(C(=NOCc4ccc([N+](=O)[O-])cc4)CC1N(CCC)C(=O)OCc1ccccc1)C32. The zero-order valence-corrected chi connectivity index (χ0v) is 36.2. The molecule has 1 fully saturated rings.